The van der Waals surface area contributed by atoms with E-state index in [9.17, 15) is 13.2 Å². The average Bonchev–Trinajstić information content (AvgIpc) is 2.15. The third kappa shape index (κ3) is 3.43. The van der Waals surface area contributed by atoms with E-state index in [1.807, 2.05) is 0 Å². The minimum Gasteiger partial charge on any atom is -0.166 e. The second-order valence-corrected chi connectivity index (χ2v) is 3.51. The highest BCUT2D eigenvalue weighted by Gasteiger charge is 2.33. The van der Waals surface area contributed by atoms with Crippen molar-refractivity contribution in [3.63, 3.8) is 0 Å². The van der Waals surface area contributed by atoms with Gasteiger partial charge in [0.15, 0.2) is 0 Å². The van der Waals surface area contributed by atoms with E-state index in [-0.39, 0.29) is 10.9 Å². The van der Waals surface area contributed by atoms with Crippen molar-refractivity contribution in [2.45, 2.75) is 6.18 Å². The molecule has 0 heterocycles. The van der Waals surface area contributed by atoms with Crippen molar-refractivity contribution in [2.24, 2.45) is 0 Å². The second kappa shape index (κ2) is 4.90. The lowest BCUT2D eigenvalue weighted by atomic mass is 10.1. The van der Waals surface area contributed by atoms with E-state index >= 15 is 0 Å². The van der Waals surface area contributed by atoms with Crippen molar-refractivity contribution >= 4 is 29.3 Å². The topological polar surface area (TPSA) is 0 Å². The average molecular weight is 255 g/mol. The van der Waals surface area contributed by atoms with Crippen LogP contribution in [0.2, 0.25) is 5.02 Å². The van der Waals surface area contributed by atoms with Gasteiger partial charge in [-0.1, -0.05) is 29.8 Å². The Morgan fingerprint density at radius 1 is 1.27 bits per heavy atom. The van der Waals surface area contributed by atoms with Crippen molar-refractivity contribution in [1.29, 1.82) is 0 Å². The summed E-state index contributed by atoms with van der Waals surface area (Å²) in [6.45, 7) is 0. The van der Waals surface area contributed by atoms with Gasteiger partial charge < -0.3 is 0 Å². The zero-order chi connectivity index (χ0) is 11.5. The predicted molar refractivity (Wildman–Crippen MR) is 56.2 cm³/mol. The summed E-state index contributed by atoms with van der Waals surface area (Å²) in [5.41, 5.74) is -0.409. The Morgan fingerprint density at radius 3 is 2.47 bits per heavy atom. The van der Waals surface area contributed by atoms with Crippen molar-refractivity contribution in [3.05, 3.63) is 40.4 Å². The van der Waals surface area contributed by atoms with E-state index in [2.05, 4.69) is 0 Å². The van der Waals surface area contributed by atoms with Crippen molar-refractivity contribution in [2.75, 3.05) is 5.88 Å². The fourth-order valence-electron chi connectivity index (χ4n) is 1.04. The van der Waals surface area contributed by atoms with Gasteiger partial charge in [-0.2, -0.15) is 13.2 Å². The van der Waals surface area contributed by atoms with E-state index in [1.165, 1.54) is 18.2 Å². The van der Waals surface area contributed by atoms with Gasteiger partial charge in [0.2, 0.25) is 0 Å². The summed E-state index contributed by atoms with van der Waals surface area (Å²) in [7, 11) is 0. The summed E-state index contributed by atoms with van der Waals surface area (Å²) in [6, 6.07) is 3.71. The number of hydrogen-bond acceptors (Lipinski definition) is 0. The molecule has 0 bridgehead atoms. The van der Waals surface area contributed by atoms with Crippen LogP contribution in [0.15, 0.2) is 24.3 Å². The Kier molecular flexibility index (Phi) is 4.05. The molecule has 0 amide bonds. The number of allylic oxidation sites excluding steroid dienone is 1. The Labute approximate surface area is 95.3 Å². The molecule has 1 rings (SSSR count). The van der Waals surface area contributed by atoms with Crippen LogP contribution in [0.4, 0.5) is 13.2 Å². The van der Waals surface area contributed by atoms with E-state index in [4.69, 9.17) is 23.2 Å². The van der Waals surface area contributed by atoms with Crippen LogP contribution >= 0.6 is 23.2 Å². The molecule has 0 saturated heterocycles. The van der Waals surface area contributed by atoms with E-state index < -0.39 is 11.7 Å². The third-order valence-electron chi connectivity index (χ3n) is 1.70. The number of hydrogen-bond donors (Lipinski definition) is 0. The molecule has 82 valence electrons. The minimum absolute atomic E-state index is 0.254. The van der Waals surface area contributed by atoms with E-state index in [0.29, 0.717) is 5.56 Å². The molecule has 1 aromatic rings. The smallest absolute Gasteiger partial charge is 0.166 e. The Morgan fingerprint density at radius 2 is 1.93 bits per heavy atom. The first-order valence-electron chi connectivity index (χ1n) is 4.04. The van der Waals surface area contributed by atoms with Crippen LogP contribution in [0.5, 0.6) is 0 Å². The van der Waals surface area contributed by atoms with E-state index in [1.54, 1.807) is 6.08 Å². The van der Waals surface area contributed by atoms with Gasteiger partial charge in [-0.05, 0) is 17.7 Å². The molecule has 0 fully saturated rings. The molecule has 0 saturated carbocycles. The Bertz CT molecular complexity index is 369. The maximum Gasteiger partial charge on any atom is 0.417 e. The lowest BCUT2D eigenvalue weighted by Gasteiger charge is -2.09. The van der Waals surface area contributed by atoms with Gasteiger partial charge in [-0.25, -0.2) is 0 Å². The highest BCUT2D eigenvalue weighted by molar-refractivity contribution is 6.31. The minimum atomic E-state index is -4.43. The molecular weight excluding hydrogens is 248 g/mol. The Balaban J connectivity index is 3.11. The molecule has 0 nitrogen and oxygen atoms in total. The summed E-state index contributed by atoms with van der Waals surface area (Å²) in [6.07, 6.45) is -1.36. The van der Waals surface area contributed by atoms with Crippen LogP contribution in [0, 0.1) is 0 Å². The van der Waals surface area contributed by atoms with Gasteiger partial charge in [0, 0.05) is 5.88 Å². The largest absolute Gasteiger partial charge is 0.417 e. The molecule has 0 unspecified atom stereocenters. The van der Waals surface area contributed by atoms with Crippen molar-refractivity contribution in [1.82, 2.24) is 0 Å². The first-order valence-corrected chi connectivity index (χ1v) is 4.95. The van der Waals surface area contributed by atoms with E-state index in [0.717, 1.165) is 6.07 Å². The van der Waals surface area contributed by atoms with Gasteiger partial charge in [0.1, 0.15) is 0 Å². The van der Waals surface area contributed by atoms with Crippen LogP contribution in [0.3, 0.4) is 0 Å². The molecule has 0 N–H and O–H groups in total. The molecule has 5 heteroatoms. The number of benzene rings is 1. The second-order valence-electron chi connectivity index (χ2n) is 2.79. The lowest BCUT2D eigenvalue weighted by Crippen LogP contribution is -2.05. The number of alkyl halides is 4. The van der Waals surface area contributed by atoms with Crippen LogP contribution in [0.25, 0.3) is 6.08 Å². The van der Waals surface area contributed by atoms with Gasteiger partial charge in [-0.15, -0.1) is 11.6 Å². The highest BCUT2D eigenvalue weighted by atomic mass is 35.5. The first-order chi connectivity index (χ1) is 6.95. The standard InChI is InChI=1S/C10H7Cl2F3/c11-5-1-2-7-3-4-9(12)8(6-7)10(13,14)15/h1-4,6H,5H2. The molecule has 0 aromatic heterocycles. The van der Waals surface area contributed by atoms with Gasteiger partial charge in [-0.3, -0.25) is 0 Å². The molecule has 1 aromatic carbocycles. The van der Waals surface area contributed by atoms with Gasteiger partial charge in [0.25, 0.3) is 0 Å². The molecule has 15 heavy (non-hydrogen) atoms. The quantitative estimate of drug-likeness (QED) is 0.677. The SMILES string of the molecule is FC(F)(F)c1cc(C=CCCl)ccc1Cl. The van der Waals surface area contributed by atoms with Crippen LogP contribution < -0.4 is 0 Å². The summed E-state index contributed by atoms with van der Waals surface area (Å²) in [5.74, 6) is 0.254. The fourth-order valence-corrected chi connectivity index (χ4v) is 1.36. The number of rotatable bonds is 2. The van der Waals surface area contributed by atoms with Crippen molar-refractivity contribution in [3.8, 4) is 0 Å². The molecule has 0 aliphatic rings. The lowest BCUT2D eigenvalue weighted by molar-refractivity contribution is -0.137. The van der Waals surface area contributed by atoms with Gasteiger partial charge >= 0.3 is 6.18 Å². The first kappa shape index (κ1) is 12.4. The maximum absolute atomic E-state index is 12.4. The fraction of sp³-hybridized carbons (Fsp3) is 0.200. The van der Waals surface area contributed by atoms with Crippen LogP contribution in [-0.4, -0.2) is 5.88 Å². The highest BCUT2D eigenvalue weighted by Crippen LogP contribution is 2.35. The molecular formula is C10H7Cl2F3. The Hall–Kier alpha value is -0.670. The van der Waals surface area contributed by atoms with Crippen molar-refractivity contribution < 1.29 is 13.2 Å². The summed E-state index contributed by atoms with van der Waals surface area (Å²) >= 11 is 10.8. The zero-order valence-electron chi connectivity index (χ0n) is 7.48. The van der Waals surface area contributed by atoms with Crippen LogP contribution in [0.1, 0.15) is 11.1 Å². The number of halogens is 5. The predicted octanol–water partition coefficient (Wildman–Crippen LogP) is 4.61. The molecule has 0 aliphatic heterocycles. The summed E-state index contributed by atoms with van der Waals surface area (Å²) < 4.78 is 37.2. The summed E-state index contributed by atoms with van der Waals surface area (Å²) in [4.78, 5) is 0. The summed E-state index contributed by atoms with van der Waals surface area (Å²) in [5, 5.41) is -0.300. The molecule has 0 radical (unpaired) electrons. The molecule has 0 aliphatic carbocycles. The zero-order valence-corrected chi connectivity index (χ0v) is 9.00. The molecule has 0 spiro atoms. The van der Waals surface area contributed by atoms with Crippen LogP contribution in [-0.2, 0) is 6.18 Å². The maximum atomic E-state index is 12.4. The molecule has 0 atom stereocenters. The van der Waals surface area contributed by atoms with Gasteiger partial charge in [0.05, 0.1) is 10.6 Å². The normalized spacial score (nSPS) is 12.3. The monoisotopic (exact) mass is 254 g/mol. The third-order valence-corrected chi connectivity index (χ3v) is 2.20.